The minimum absolute atomic E-state index is 0.720. The van der Waals surface area contributed by atoms with Crippen LogP contribution in [0.25, 0.3) is 11.0 Å². The molecular formula is C30H57N5. The summed E-state index contributed by atoms with van der Waals surface area (Å²) < 4.78 is 2.26. The lowest BCUT2D eigenvalue weighted by Gasteiger charge is -2.12. The van der Waals surface area contributed by atoms with Crippen molar-refractivity contribution >= 4 is 22.7 Å². The smallest absolute Gasteiger partial charge is 0.204 e. The van der Waals surface area contributed by atoms with E-state index >= 15 is 0 Å². The van der Waals surface area contributed by atoms with Crippen molar-refractivity contribution in [2.45, 2.75) is 115 Å². The van der Waals surface area contributed by atoms with Crippen LogP contribution in [0, 0.1) is 13.8 Å². The summed E-state index contributed by atoms with van der Waals surface area (Å²) in [6.07, 6.45) is 6.97. The molecule has 0 unspecified atom stereocenters. The molecule has 0 radical (unpaired) electrons. The van der Waals surface area contributed by atoms with E-state index < -0.39 is 0 Å². The Hall–Kier alpha value is -2.14. The van der Waals surface area contributed by atoms with Crippen molar-refractivity contribution < 1.29 is 0 Å². The topological polar surface area (TPSA) is 54.2 Å². The number of hydrogen-bond acceptors (Lipinski definition) is 4. The van der Waals surface area contributed by atoms with Crippen LogP contribution < -0.4 is 10.6 Å². The Balaban J connectivity index is 0. The molecule has 0 aliphatic rings. The number of aromatic nitrogens is 2. The number of aryl methyl sites for hydroxylation is 2. The van der Waals surface area contributed by atoms with Gasteiger partial charge in [0.15, 0.2) is 0 Å². The van der Waals surface area contributed by atoms with Crippen LogP contribution in [-0.4, -0.2) is 34.9 Å². The lowest BCUT2D eigenvalue weighted by Crippen LogP contribution is -2.19. The minimum Gasteiger partial charge on any atom is -0.356 e. The van der Waals surface area contributed by atoms with Crippen LogP contribution >= 0.6 is 0 Å². The third-order valence-electron chi connectivity index (χ3n) is 4.95. The number of anilines is 1. The number of nitrogens with one attached hydrogen (secondary N) is 2. The summed E-state index contributed by atoms with van der Waals surface area (Å²) in [7, 11) is 0. The molecule has 202 valence electrons. The van der Waals surface area contributed by atoms with Gasteiger partial charge < -0.3 is 15.2 Å². The standard InChI is InChI=1S/C22H35N5.C4H10.2C2H6/c1-7-10-23-11-9-12-24-22-26-21-18(6)13-17(5)14-20(21)27(22)15-19(8-2)25-16(3)4;1-3-4-2;2*1-2/h8,13-14,23H,7,9-12,15H2,1-6H3,(H,24,26);3-4H2,1-2H3;2*1-2H3/b19-8-;;;. The summed E-state index contributed by atoms with van der Waals surface area (Å²) in [5.41, 5.74) is 6.84. The maximum absolute atomic E-state index is 4.91. The molecule has 0 spiro atoms. The number of fused-ring (bicyclic) bond motifs is 1. The Morgan fingerprint density at radius 3 is 2.09 bits per heavy atom. The molecule has 1 heterocycles. The van der Waals surface area contributed by atoms with Crippen molar-refractivity contribution in [3.05, 3.63) is 35.0 Å². The molecule has 0 fully saturated rings. The fourth-order valence-corrected chi connectivity index (χ4v) is 3.22. The number of unbranched alkanes of at least 4 members (excludes halogenated alkanes) is 1. The van der Waals surface area contributed by atoms with Gasteiger partial charge >= 0.3 is 0 Å². The second-order valence-electron chi connectivity index (χ2n) is 8.34. The number of rotatable bonds is 11. The van der Waals surface area contributed by atoms with Crippen LogP contribution in [0.5, 0.6) is 0 Å². The third kappa shape index (κ3) is 14.1. The van der Waals surface area contributed by atoms with E-state index in [9.17, 15) is 0 Å². The van der Waals surface area contributed by atoms with Crippen molar-refractivity contribution in [3.63, 3.8) is 0 Å². The quantitative estimate of drug-likeness (QED) is 0.246. The first kappa shape index (κ1) is 35.0. The molecule has 5 nitrogen and oxygen atoms in total. The van der Waals surface area contributed by atoms with E-state index in [1.54, 1.807) is 0 Å². The molecule has 1 aromatic heterocycles. The number of nitrogens with zero attached hydrogens (tertiary/aromatic N) is 3. The summed E-state index contributed by atoms with van der Waals surface area (Å²) >= 11 is 0. The van der Waals surface area contributed by atoms with Crippen LogP contribution in [0.1, 0.15) is 106 Å². The van der Waals surface area contributed by atoms with E-state index in [1.807, 2.05) is 48.5 Å². The highest BCUT2D eigenvalue weighted by molar-refractivity contribution is 5.83. The highest BCUT2D eigenvalue weighted by Crippen LogP contribution is 2.25. The number of benzene rings is 1. The molecule has 0 aliphatic heterocycles. The van der Waals surface area contributed by atoms with Crippen molar-refractivity contribution in [1.29, 1.82) is 0 Å². The van der Waals surface area contributed by atoms with Gasteiger partial charge in [-0.2, -0.15) is 0 Å². The molecular weight excluding hydrogens is 430 g/mol. The molecule has 0 amide bonds. The zero-order chi connectivity index (χ0) is 27.2. The molecule has 0 saturated carbocycles. The molecule has 0 bridgehead atoms. The Kier molecular flexibility index (Phi) is 22.3. The molecule has 2 N–H and O–H groups in total. The lowest BCUT2D eigenvalue weighted by atomic mass is 10.1. The first-order chi connectivity index (χ1) is 16.9. The Labute approximate surface area is 217 Å². The second-order valence-corrected chi connectivity index (χ2v) is 8.34. The largest absolute Gasteiger partial charge is 0.356 e. The Morgan fingerprint density at radius 2 is 1.57 bits per heavy atom. The van der Waals surface area contributed by atoms with E-state index in [2.05, 4.69) is 73.0 Å². The summed E-state index contributed by atoms with van der Waals surface area (Å²) in [5, 5.41) is 6.99. The molecule has 35 heavy (non-hydrogen) atoms. The minimum atomic E-state index is 0.720. The number of aliphatic imine (C=N–C) groups is 1. The van der Waals surface area contributed by atoms with Gasteiger partial charge in [0.1, 0.15) is 0 Å². The SMILES string of the molecule is C/C=C(/Cn1c(NCCCNCCC)nc2c(C)cc(C)cc21)N=C(C)C.CC.CC.CCCC. The Bertz CT molecular complexity index is 840. The van der Waals surface area contributed by atoms with Crippen LogP contribution in [0.2, 0.25) is 0 Å². The third-order valence-corrected chi connectivity index (χ3v) is 4.95. The molecule has 2 aromatic rings. The number of allylic oxidation sites excluding steroid dienone is 2. The molecule has 0 aliphatic carbocycles. The van der Waals surface area contributed by atoms with Crippen molar-refractivity contribution in [2.24, 2.45) is 4.99 Å². The van der Waals surface area contributed by atoms with Gasteiger partial charge in [-0.3, -0.25) is 4.99 Å². The fourth-order valence-electron chi connectivity index (χ4n) is 3.22. The predicted molar refractivity (Wildman–Crippen MR) is 161 cm³/mol. The van der Waals surface area contributed by atoms with Crippen LogP contribution in [0.3, 0.4) is 0 Å². The Morgan fingerprint density at radius 1 is 0.943 bits per heavy atom. The first-order valence-corrected chi connectivity index (χ1v) is 14.0. The lowest BCUT2D eigenvalue weighted by molar-refractivity contribution is 0.649. The van der Waals surface area contributed by atoms with Crippen LogP contribution in [0.4, 0.5) is 5.95 Å². The molecule has 2 rings (SSSR count). The zero-order valence-electron chi connectivity index (χ0n) is 25.2. The maximum atomic E-state index is 4.91. The van der Waals surface area contributed by atoms with Gasteiger partial charge in [-0.25, -0.2) is 4.98 Å². The van der Waals surface area contributed by atoms with E-state index in [0.717, 1.165) is 55.5 Å². The summed E-state index contributed by atoms with van der Waals surface area (Å²) in [6, 6.07) is 4.42. The van der Waals surface area contributed by atoms with Gasteiger partial charge in [-0.1, -0.05) is 73.5 Å². The second kappa shape index (κ2) is 22.3. The van der Waals surface area contributed by atoms with Gasteiger partial charge in [0.2, 0.25) is 5.95 Å². The van der Waals surface area contributed by atoms with E-state index in [4.69, 9.17) is 4.98 Å². The maximum Gasteiger partial charge on any atom is 0.204 e. The van der Waals surface area contributed by atoms with E-state index in [-0.39, 0.29) is 0 Å². The van der Waals surface area contributed by atoms with Gasteiger partial charge in [0.25, 0.3) is 0 Å². The molecule has 5 heteroatoms. The highest BCUT2D eigenvalue weighted by atomic mass is 15.2. The number of imidazole rings is 1. The first-order valence-electron chi connectivity index (χ1n) is 14.0. The fraction of sp³-hybridized carbons (Fsp3) is 0.667. The normalized spacial score (nSPS) is 10.3. The summed E-state index contributed by atoms with van der Waals surface area (Å²) in [5.74, 6) is 0.928. The number of hydrogen-bond donors (Lipinski definition) is 2. The van der Waals surface area contributed by atoms with Gasteiger partial charge in [0.05, 0.1) is 23.3 Å². The van der Waals surface area contributed by atoms with Crippen LogP contribution in [-0.2, 0) is 6.54 Å². The van der Waals surface area contributed by atoms with Gasteiger partial charge in [-0.05, 0) is 77.7 Å². The molecule has 0 saturated heterocycles. The molecule has 1 aromatic carbocycles. The zero-order valence-corrected chi connectivity index (χ0v) is 25.2. The van der Waals surface area contributed by atoms with E-state index in [0.29, 0.717) is 0 Å². The summed E-state index contributed by atoms with van der Waals surface area (Å²) in [6.45, 7) is 28.7. The van der Waals surface area contributed by atoms with Gasteiger partial charge in [-0.15, -0.1) is 0 Å². The van der Waals surface area contributed by atoms with E-state index in [1.165, 1.54) is 35.9 Å². The van der Waals surface area contributed by atoms with Gasteiger partial charge in [0, 0.05) is 12.3 Å². The average molecular weight is 488 g/mol. The predicted octanol–water partition coefficient (Wildman–Crippen LogP) is 8.70. The monoisotopic (exact) mass is 487 g/mol. The van der Waals surface area contributed by atoms with Crippen molar-refractivity contribution in [2.75, 3.05) is 25.0 Å². The average Bonchev–Trinajstić information content (AvgIpc) is 3.20. The van der Waals surface area contributed by atoms with Crippen LogP contribution in [0.15, 0.2) is 28.9 Å². The summed E-state index contributed by atoms with van der Waals surface area (Å²) in [4.78, 5) is 9.59. The van der Waals surface area contributed by atoms with Crippen molar-refractivity contribution in [1.82, 2.24) is 14.9 Å². The highest BCUT2D eigenvalue weighted by Gasteiger charge is 2.14. The van der Waals surface area contributed by atoms with Crippen molar-refractivity contribution in [3.8, 4) is 0 Å². The molecule has 0 atom stereocenters.